The summed E-state index contributed by atoms with van der Waals surface area (Å²) in [5.41, 5.74) is 3.17. The van der Waals surface area contributed by atoms with E-state index in [0.717, 1.165) is 68.0 Å². The fraction of sp³-hybridized carbons (Fsp3) is 0.600. The molecule has 138 valence electrons. The van der Waals surface area contributed by atoms with E-state index in [1.807, 2.05) is 18.5 Å². The van der Waals surface area contributed by atoms with E-state index in [0.29, 0.717) is 17.7 Å². The van der Waals surface area contributed by atoms with Crippen LogP contribution in [0, 0.1) is 11.8 Å². The minimum Gasteiger partial charge on any atom is -0.342 e. The summed E-state index contributed by atoms with van der Waals surface area (Å²) in [6, 6.07) is 1.96. The first-order chi connectivity index (χ1) is 12.7. The molecule has 2 fully saturated rings. The molecule has 1 saturated heterocycles. The predicted molar refractivity (Wildman–Crippen MR) is 99.4 cm³/mol. The van der Waals surface area contributed by atoms with Crippen molar-refractivity contribution in [3.05, 3.63) is 30.0 Å². The van der Waals surface area contributed by atoms with E-state index >= 15 is 0 Å². The van der Waals surface area contributed by atoms with Gasteiger partial charge in [0.05, 0.1) is 11.9 Å². The number of aromatic amines is 1. The monoisotopic (exact) mass is 353 g/mol. The lowest BCUT2D eigenvalue weighted by Crippen LogP contribution is -2.39. The molecule has 0 bridgehead atoms. The quantitative estimate of drug-likeness (QED) is 0.896. The van der Waals surface area contributed by atoms with Crippen LogP contribution in [0.2, 0.25) is 0 Å². The summed E-state index contributed by atoms with van der Waals surface area (Å²) < 4.78 is 0. The van der Waals surface area contributed by atoms with Crippen LogP contribution in [0.4, 0.5) is 0 Å². The van der Waals surface area contributed by atoms with E-state index < -0.39 is 0 Å². The number of likely N-dealkylation sites (tertiary alicyclic amines) is 1. The molecule has 2 atom stereocenters. The van der Waals surface area contributed by atoms with E-state index in [1.165, 1.54) is 0 Å². The minimum absolute atomic E-state index is 0.285. The minimum atomic E-state index is 0.285. The number of piperidine rings is 1. The molecule has 4 rings (SSSR count). The summed E-state index contributed by atoms with van der Waals surface area (Å²) >= 11 is 0. The maximum absolute atomic E-state index is 12.4. The summed E-state index contributed by atoms with van der Waals surface area (Å²) in [6.45, 7) is 5.99. The van der Waals surface area contributed by atoms with Crippen LogP contribution in [-0.4, -0.2) is 44.1 Å². The van der Waals surface area contributed by atoms with Crippen molar-refractivity contribution in [1.29, 1.82) is 0 Å². The van der Waals surface area contributed by atoms with Crippen molar-refractivity contribution in [2.75, 3.05) is 13.1 Å². The van der Waals surface area contributed by atoms with Gasteiger partial charge in [-0.15, -0.1) is 0 Å². The number of amides is 1. The lowest BCUT2D eigenvalue weighted by molar-refractivity contribution is -0.133. The fourth-order valence-corrected chi connectivity index (χ4v) is 3.99. The van der Waals surface area contributed by atoms with Gasteiger partial charge in [-0.25, -0.2) is 9.97 Å². The van der Waals surface area contributed by atoms with Gasteiger partial charge in [0.1, 0.15) is 5.82 Å². The van der Waals surface area contributed by atoms with Crippen LogP contribution in [0.25, 0.3) is 11.3 Å². The third-order valence-corrected chi connectivity index (χ3v) is 5.77. The zero-order valence-electron chi connectivity index (χ0n) is 15.6. The molecule has 26 heavy (non-hydrogen) atoms. The molecule has 2 aromatic rings. The zero-order valence-corrected chi connectivity index (χ0v) is 15.6. The van der Waals surface area contributed by atoms with Gasteiger partial charge in [0.2, 0.25) is 5.91 Å². The Hall–Kier alpha value is -2.24. The van der Waals surface area contributed by atoms with Crippen LogP contribution in [0.15, 0.2) is 18.5 Å². The summed E-state index contributed by atoms with van der Waals surface area (Å²) in [4.78, 5) is 23.6. The van der Waals surface area contributed by atoms with Gasteiger partial charge in [0.25, 0.3) is 0 Å². The molecule has 1 aliphatic carbocycles. The second kappa shape index (κ2) is 7.17. The molecular formula is C20H27N5O. The van der Waals surface area contributed by atoms with Crippen molar-refractivity contribution in [3.63, 3.8) is 0 Å². The summed E-state index contributed by atoms with van der Waals surface area (Å²) in [7, 11) is 0. The summed E-state index contributed by atoms with van der Waals surface area (Å²) in [5, 5.41) is 7.48. The molecule has 6 nitrogen and oxygen atoms in total. The van der Waals surface area contributed by atoms with Crippen molar-refractivity contribution in [3.8, 4) is 11.3 Å². The van der Waals surface area contributed by atoms with Gasteiger partial charge in [-0.3, -0.25) is 9.89 Å². The van der Waals surface area contributed by atoms with Crippen LogP contribution in [-0.2, 0) is 11.2 Å². The Bertz CT molecular complexity index is 778. The van der Waals surface area contributed by atoms with Gasteiger partial charge in [0, 0.05) is 48.8 Å². The molecular weight excluding hydrogens is 326 g/mol. The molecule has 2 aromatic heterocycles. The topological polar surface area (TPSA) is 74.8 Å². The molecule has 2 aliphatic rings. The van der Waals surface area contributed by atoms with Crippen molar-refractivity contribution >= 4 is 5.91 Å². The van der Waals surface area contributed by atoms with E-state index in [2.05, 4.69) is 33.9 Å². The van der Waals surface area contributed by atoms with E-state index in [4.69, 9.17) is 4.98 Å². The molecule has 0 radical (unpaired) electrons. The summed E-state index contributed by atoms with van der Waals surface area (Å²) in [5.74, 6) is 2.51. The van der Waals surface area contributed by atoms with Crippen molar-refractivity contribution in [1.82, 2.24) is 25.1 Å². The number of aromatic nitrogens is 4. The Kier molecular flexibility index (Phi) is 4.74. The number of H-pyrrole nitrogens is 1. The third kappa shape index (κ3) is 3.37. The maximum atomic E-state index is 12.4. The van der Waals surface area contributed by atoms with Crippen molar-refractivity contribution < 1.29 is 4.79 Å². The average Bonchev–Trinajstić information content (AvgIpc) is 3.19. The van der Waals surface area contributed by atoms with Gasteiger partial charge >= 0.3 is 0 Å². The van der Waals surface area contributed by atoms with Crippen LogP contribution >= 0.6 is 0 Å². The number of hydrogen-bond acceptors (Lipinski definition) is 4. The molecule has 1 N–H and O–H groups in total. The highest BCUT2D eigenvalue weighted by molar-refractivity contribution is 5.81. The Balaban J connectivity index is 1.46. The Morgan fingerprint density at radius 2 is 2.12 bits per heavy atom. The number of hydrogen-bond donors (Lipinski definition) is 1. The molecule has 0 unspecified atom stereocenters. The smallest absolute Gasteiger partial charge is 0.225 e. The maximum Gasteiger partial charge on any atom is 0.225 e. The number of aryl methyl sites for hydroxylation is 1. The first kappa shape index (κ1) is 17.2. The SMILES string of the molecule is CCCc1nccc(-c2cn[nH]c2C2CCN(C(=O)[C@H]3C[C@H]3C)CC2)n1. The van der Waals surface area contributed by atoms with E-state index in [1.54, 1.807) is 0 Å². The standard InChI is InChI=1S/C20H27N5O/c1-3-4-18-21-8-5-17(23-18)16-12-22-24-19(16)14-6-9-25(10-7-14)20(26)15-11-13(15)2/h5,8,12-15H,3-4,6-7,9-11H2,1-2H3,(H,22,24)/t13-,15+/m1/s1. The number of carbonyl (C=O) groups is 1. The molecule has 1 saturated carbocycles. The molecule has 6 heteroatoms. The van der Waals surface area contributed by atoms with Gasteiger partial charge in [-0.05, 0) is 37.7 Å². The Morgan fingerprint density at radius 3 is 2.81 bits per heavy atom. The van der Waals surface area contributed by atoms with E-state index in [-0.39, 0.29) is 5.92 Å². The molecule has 1 amide bonds. The normalized spacial score (nSPS) is 23.2. The van der Waals surface area contributed by atoms with Gasteiger partial charge in [-0.2, -0.15) is 5.10 Å². The van der Waals surface area contributed by atoms with Crippen molar-refractivity contribution in [2.24, 2.45) is 11.8 Å². The predicted octanol–water partition coefficient (Wildman–Crippen LogP) is 3.18. The van der Waals surface area contributed by atoms with Gasteiger partial charge < -0.3 is 4.90 Å². The molecule has 0 aromatic carbocycles. The van der Waals surface area contributed by atoms with Gasteiger partial charge in [-0.1, -0.05) is 13.8 Å². The lowest BCUT2D eigenvalue weighted by Gasteiger charge is -2.32. The number of nitrogens with zero attached hydrogens (tertiary/aromatic N) is 4. The van der Waals surface area contributed by atoms with E-state index in [9.17, 15) is 4.79 Å². The zero-order chi connectivity index (χ0) is 18.1. The first-order valence-corrected chi connectivity index (χ1v) is 9.81. The molecule has 3 heterocycles. The fourth-order valence-electron chi connectivity index (χ4n) is 3.99. The third-order valence-electron chi connectivity index (χ3n) is 5.77. The van der Waals surface area contributed by atoms with Crippen LogP contribution < -0.4 is 0 Å². The number of nitrogens with one attached hydrogen (secondary N) is 1. The Labute approximate surface area is 154 Å². The Morgan fingerprint density at radius 1 is 1.35 bits per heavy atom. The molecule has 0 spiro atoms. The summed E-state index contributed by atoms with van der Waals surface area (Å²) in [6.07, 6.45) is 8.66. The highest BCUT2D eigenvalue weighted by Crippen LogP contribution is 2.40. The second-order valence-corrected chi connectivity index (χ2v) is 7.72. The number of rotatable bonds is 5. The second-order valence-electron chi connectivity index (χ2n) is 7.72. The van der Waals surface area contributed by atoms with Crippen LogP contribution in [0.3, 0.4) is 0 Å². The van der Waals surface area contributed by atoms with Crippen LogP contribution in [0.5, 0.6) is 0 Å². The number of carbonyl (C=O) groups excluding carboxylic acids is 1. The van der Waals surface area contributed by atoms with Crippen LogP contribution in [0.1, 0.15) is 57.0 Å². The first-order valence-electron chi connectivity index (χ1n) is 9.81. The largest absolute Gasteiger partial charge is 0.342 e. The molecule has 1 aliphatic heterocycles. The average molecular weight is 353 g/mol. The lowest BCUT2D eigenvalue weighted by atomic mass is 9.90. The highest BCUT2D eigenvalue weighted by Gasteiger charge is 2.42. The van der Waals surface area contributed by atoms with Gasteiger partial charge in [0.15, 0.2) is 0 Å². The van der Waals surface area contributed by atoms with Crippen molar-refractivity contribution in [2.45, 2.75) is 51.9 Å². The highest BCUT2D eigenvalue weighted by atomic mass is 16.2.